The van der Waals surface area contributed by atoms with E-state index in [2.05, 4.69) is 25.0 Å². The van der Waals surface area contributed by atoms with Crippen LogP contribution < -0.4 is 14.2 Å². The summed E-state index contributed by atoms with van der Waals surface area (Å²) in [6.07, 6.45) is 6.85. The van der Waals surface area contributed by atoms with E-state index < -0.39 is 21.3 Å². The molecule has 2 unspecified atom stereocenters. The van der Waals surface area contributed by atoms with Crippen LogP contribution >= 0.6 is 0 Å². The lowest BCUT2D eigenvalue weighted by atomic mass is 10.2. The topological polar surface area (TPSA) is 126 Å². The Morgan fingerprint density at radius 3 is 2.25 bits per heavy atom. The summed E-state index contributed by atoms with van der Waals surface area (Å²) >= 11 is 0. The molecule has 3 aromatic heterocycles. The Morgan fingerprint density at radius 2 is 1.67 bits per heavy atom. The van der Waals surface area contributed by atoms with Gasteiger partial charge in [-0.25, -0.2) is 8.42 Å². The van der Waals surface area contributed by atoms with Gasteiger partial charge in [-0.1, -0.05) is 6.07 Å². The molecule has 0 saturated carbocycles. The molecule has 0 spiro atoms. The smallest absolute Gasteiger partial charge is 0.243 e. The third-order valence-corrected chi connectivity index (χ3v) is 7.81. The van der Waals surface area contributed by atoms with Gasteiger partial charge in [0.05, 0.1) is 31.7 Å². The van der Waals surface area contributed by atoms with Crippen LogP contribution in [0, 0.1) is 13.8 Å². The normalized spacial score (nSPS) is 13.3. The molecule has 0 fully saturated rings. The predicted molar refractivity (Wildman–Crippen MR) is 136 cm³/mol. The average Bonchev–Trinajstić information content (AvgIpc) is 3.48. The third-order valence-electron chi connectivity index (χ3n) is 5.97. The number of anilines is 1. The first-order valence-corrected chi connectivity index (χ1v) is 12.8. The van der Waals surface area contributed by atoms with Gasteiger partial charge in [-0.15, -0.1) is 10.2 Å². The first-order chi connectivity index (χ1) is 17.2. The Kier molecular flexibility index (Phi) is 6.97. The van der Waals surface area contributed by atoms with Crippen LogP contribution in [0.25, 0.3) is 17.1 Å². The fraction of sp³-hybridized carbons (Fsp3) is 0.333. The van der Waals surface area contributed by atoms with Gasteiger partial charge in [0, 0.05) is 24.2 Å². The summed E-state index contributed by atoms with van der Waals surface area (Å²) in [7, 11) is -0.882. The lowest BCUT2D eigenvalue weighted by Crippen LogP contribution is -2.33. The van der Waals surface area contributed by atoms with E-state index >= 15 is 0 Å². The minimum absolute atomic E-state index is 0.00926. The zero-order chi connectivity index (χ0) is 26.0. The number of pyridine rings is 1. The zero-order valence-electron chi connectivity index (χ0n) is 21.0. The highest BCUT2D eigenvalue weighted by Crippen LogP contribution is 2.38. The maximum Gasteiger partial charge on any atom is 0.243 e. The quantitative estimate of drug-likeness (QED) is 0.362. The van der Waals surface area contributed by atoms with E-state index in [1.165, 1.54) is 14.2 Å². The molecule has 12 heteroatoms. The molecular formula is C24H29N7O4S. The van der Waals surface area contributed by atoms with Crippen LogP contribution in [0.2, 0.25) is 0 Å². The monoisotopic (exact) mass is 511 g/mol. The number of methoxy groups -OCH3 is 2. The number of nitrogens with one attached hydrogen (secondary N) is 1. The summed E-state index contributed by atoms with van der Waals surface area (Å²) < 4.78 is 44.0. The molecular weight excluding hydrogens is 482 g/mol. The second-order valence-corrected chi connectivity index (χ2v) is 10.6. The Labute approximate surface area is 210 Å². The fourth-order valence-corrected chi connectivity index (χ4v) is 5.04. The van der Waals surface area contributed by atoms with Crippen LogP contribution in [0.15, 0.2) is 49.1 Å². The first-order valence-electron chi connectivity index (χ1n) is 11.3. The number of hydrogen-bond acceptors (Lipinski definition) is 8. The van der Waals surface area contributed by atoms with Crippen LogP contribution in [-0.4, -0.2) is 57.4 Å². The van der Waals surface area contributed by atoms with Crippen LogP contribution in [0.3, 0.4) is 0 Å². The highest BCUT2D eigenvalue weighted by atomic mass is 32.2. The van der Waals surface area contributed by atoms with E-state index in [0.717, 1.165) is 11.1 Å². The largest absolute Gasteiger partial charge is 0.494 e. The standard InChI is InChI=1S/C24H29N7O4S/c1-15-10-19(13-25-11-15)23-27-28-24(31(23)22-20(34-5)8-7-9-21(22)35-6)29-36(32,33)18(4)17(3)30-14-16(2)12-26-30/h7-14,17-18H,1-6H3,(H,28,29). The van der Waals surface area contributed by atoms with Crippen molar-refractivity contribution in [1.82, 2.24) is 29.5 Å². The summed E-state index contributed by atoms with van der Waals surface area (Å²) in [6.45, 7) is 7.23. The number of nitrogens with zero attached hydrogens (tertiary/aromatic N) is 6. The van der Waals surface area contributed by atoms with Crippen molar-refractivity contribution in [2.24, 2.45) is 0 Å². The molecule has 3 heterocycles. The molecule has 0 aliphatic rings. The molecule has 1 aromatic carbocycles. The van der Waals surface area contributed by atoms with Crippen molar-refractivity contribution in [2.75, 3.05) is 18.9 Å². The molecule has 36 heavy (non-hydrogen) atoms. The van der Waals surface area contributed by atoms with Gasteiger partial charge >= 0.3 is 0 Å². The molecule has 1 N–H and O–H groups in total. The number of ether oxygens (including phenoxy) is 2. The van der Waals surface area contributed by atoms with Gasteiger partial charge in [0.2, 0.25) is 16.0 Å². The summed E-state index contributed by atoms with van der Waals surface area (Å²) in [5.41, 5.74) is 2.95. The van der Waals surface area contributed by atoms with E-state index in [-0.39, 0.29) is 5.95 Å². The minimum atomic E-state index is -3.93. The number of benzene rings is 1. The number of aromatic nitrogens is 6. The SMILES string of the molecule is COc1cccc(OC)c1-n1c(NS(=O)(=O)C(C)C(C)n2cc(C)cn2)nnc1-c1cncc(C)c1. The van der Waals surface area contributed by atoms with Gasteiger partial charge in [-0.2, -0.15) is 5.10 Å². The number of sulfonamides is 1. The van der Waals surface area contributed by atoms with Gasteiger partial charge in [-0.05, 0) is 57.0 Å². The van der Waals surface area contributed by atoms with Gasteiger partial charge in [0.15, 0.2) is 5.82 Å². The fourth-order valence-electron chi connectivity index (χ4n) is 3.83. The first kappa shape index (κ1) is 25.2. The van der Waals surface area contributed by atoms with Crippen molar-refractivity contribution < 1.29 is 17.9 Å². The van der Waals surface area contributed by atoms with E-state index in [1.807, 2.05) is 26.1 Å². The molecule has 0 aliphatic carbocycles. The van der Waals surface area contributed by atoms with Crippen LogP contribution in [0.5, 0.6) is 11.5 Å². The molecule has 0 saturated heterocycles. The van der Waals surface area contributed by atoms with E-state index in [0.29, 0.717) is 28.6 Å². The third kappa shape index (κ3) is 4.76. The van der Waals surface area contributed by atoms with Crippen LogP contribution in [0.4, 0.5) is 5.95 Å². The number of rotatable bonds is 9. The number of aryl methyl sites for hydroxylation is 2. The van der Waals surface area contributed by atoms with E-state index in [9.17, 15) is 8.42 Å². The van der Waals surface area contributed by atoms with Crippen molar-refractivity contribution in [1.29, 1.82) is 0 Å². The summed E-state index contributed by atoms with van der Waals surface area (Å²) in [5.74, 6) is 1.26. The van der Waals surface area contributed by atoms with Gasteiger partial charge < -0.3 is 9.47 Å². The van der Waals surface area contributed by atoms with E-state index in [1.54, 1.807) is 59.9 Å². The number of hydrogen-bond donors (Lipinski definition) is 1. The van der Waals surface area contributed by atoms with Crippen molar-refractivity contribution in [3.8, 4) is 28.6 Å². The van der Waals surface area contributed by atoms with Crippen molar-refractivity contribution in [2.45, 2.75) is 39.0 Å². The Bertz CT molecular complexity index is 1460. The van der Waals surface area contributed by atoms with Gasteiger partial charge in [0.1, 0.15) is 17.2 Å². The second-order valence-electron chi connectivity index (χ2n) is 8.54. The Hall–Kier alpha value is -3.93. The second kappa shape index (κ2) is 9.97. The molecule has 0 aliphatic heterocycles. The Morgan fingerprint density at radius 1 is 0.972 bits per heavy atom. The molecule has 0 bridgehead atoms. The van der Waals surface area contributed by atoms with Gasteiger partial charge in [0.25, 0.3) is 0 Å². The zero-order valence-corrected chi connectivity index (χ0v) is 21.8. The minimum Gasteiger partial charge on any atom is -0.494 e. The summed E-state index contributed by atoms with van der Waals surface area (Å²) in [5, 5.41) is 12.0. The van der Waals surface area contributed by atoms with Crippen LogP contribution in [0.1, 0.15) is 31.0 Å². The molecule has 4 aromatic rings. The van der Waals surface area contributed by atoms with Gasteiger partial charge in [-0.3, -0.25) is 19.0 Å². The molecule has 2 atom stereocenters. The van der Waals surface area contributed by atoms with Crippen LogP contribution in [-0.2, 0) is 10.0 Å². The van der Waals surface area contributed by atoms with Crippen molar-refractivity contribution in [3.05, 3.63) is 60.2 Å². The molecule has 11 nitrogen and oxygen atoms in total. The summed E-state index contributed by atoms with van der Waals surface area (Å²) in [4.78, 5) is 4.26. The van der Waals surface area contributed by atoms with Crippen molar-refractivity contribution >= 4 is 16.0 Å². The highest BCUT2D eigenvalue weighted by Gasteiger charge is 2.31. The molecule has 4 rings (SSSR count). The predicted octanol–water partition coefficient (Wildman–Crippen LogP) is 3.55. The lowest BCUT2D eigenvalue weighted by Gasteiger charge is -2.22. The average molecular weight is 512 g/mol. The molecule has 0 radical (unpaired) electrons. The van der Waals surface area contributed by atoms with Crippen molar-refractivity contribution in [3.63, 3.8) is 0 Å². The lowest BCUT2D eigenvalue weighted by molar-refractivity contribution is 0.391. The maximum absolute atomic E-state index is 13.5. The summed E-state index contributed by atoms with van der Waals surface area (Å²) in [6, 6.07) is 6.73. The number of para-hydroxylation sites is 1. The maximum atomic E-state index is 13.5. The highest BCUT2D eigenvalue weighted by molar-refractivity contribution is 7.93. The molecule has 0 amide bonds. The van der Waals surface area contributed by atoms with E-state index in [4.69, 9.17) is 9.47 Å². The molecule has 190 valence electrons. The Balaban J connectivity index is 1.85.